The third kappa shape index (κ3) is 38.8. The van der Waals surface area contributed by atoms with E-state index in [4.69, 9.17) is 13.8 Å². The van der Waals surface area contributed by atoms with E-state index >= 15 is 0 Å². The summed E-state index contributed by atoms with van der Waals surface area (Å²) in [5.74, 6) is -0.542. The lowest BCUT2D eigenvalue weighted by Crippen LogP contribution is -2.27. The van der Waals surface area contributed by atoms with E-state index in [1.54, 1.807) is 0 Å². The van der Waals surface area contributed by atoms with Gasteiger partial charge in [-0.3, -0.25) is 18.6 Å². The zero-order valence-electron chi connectivity index (χ0n) is 32.0. The number of nitrogens with one attached hydrogen (secondary N) is 1. The molecule has 0 aromatic carbocycles. The molecule has 1 amide bonds. The van der Waals surface area contributed by atoms with Crippen molar-refractivity contribution in [1.29, 1.82) is 0 Å². The van der Waals surface area contributed by atoms with Crippen LogP contribution in [0.3, 0.4) is 0 Å². The van der Waals surface area contributed by atoms with Crippen LogP contribution < -0.4 is 5.32 Å². The number of hydrogen-bond donors (Lipinski definition) is 3. The van der Waals surface area contributed by atoms with Gasteiger partial charge in [-0.2, -0.15) is 0 Å². The quantitative estimate of drug-likeness (QED) is 0.0251. The molecule has 0 radical (unpaired) electrons. The van der Waals surface area contributed by atoms with Gasteiger partial charge >= 0.3 is 13.8 Å². The number of allylic oxidation sites excluding steroid dienone is 10. The van der Waals surface area contributed by atoms with Gasteiger partial charge in [-0.25, -0.2) is 4.57 Å². The summed E-state index contributed by atoms with van der Waals surface area (Å²) < 4.78 is 26.7. The second-order valence-corrected chi connectivity index (χ2v) is 14.3. The first-order chi connectivity index (χ1) is 24.8. The Morgan fingerprint density at radius 3 is 1.69 bits per heavy atom. The summed E-state index contributed by atoms with van der Waals surface area (Å²) in [5, 5.41) is 12.6. The molecular weight excluding hydrogens is 665 g/mol. The monoisotopic (exact) mass is 737 g/mol. The van der Waals surface area contributed by atoms with E-state index in [1.165, 1.54) is 38.5 Å². The SMILES string of the molecule is CC/C=C\C/C=C\C/C=C\C/C=C\C/C=C\CCCCCCCC(=O)NCCOP(=O)(O)OCC(O)COC(=O)CCCCCCCCCCC. The maximum absolute atomic E-state index is 12.0. The van der Waals surface area contributed by atoms with Crippen LogP contribution in [0.25, 0.3) is 0 Å². The van der Waals surface area contributed by atoms with Crippen LogP contribution in [-0.2, 0) is 27.9 Å². The lowest BCUT2D eigenvalue weighted by Gasteiger charge is -2.15. The first kappa shape index (κ1) is 48.7. The molecule has 3 N–H and O–H groups in total. The van der Waals surface area contributed by atoms with E-state index in [2.05, 4.69) is 79.9 Å². The number of carbonyl (C=O) groups excluding carboxylic acids is 2. The summed E-state index contributed by atoms with van der Waals surface area (Å²) in [6.45, 7) is 3.37. The van der Waals surface area contributed by atoms with Crippen LogP contribution in [0.4, 0.5) is 0 Å². The Morgan fingerprint density at radius 1 is 0.627 bits per heavy atom. The van der Waals surface area contributed by atoms with E-state index in [0.29, 0.717) is 6.42 Å². The molecule has 9 nitrogen and oxygen atoms in total. The van der Waals surface area contributed by atoms with Crippen molar-refractivity contribution in [3.8, 4) is 0 Å². The molecule has 0 bridgehead atoms. The lowest BCUT2D eigenvalue weighted by molar-refractivity contribution is -0.147. The van der Waals surface area contributed by atoms with Gasteiger partial charge in [-0.05, 0) is 57.8 Å². The smallest absolute Gasteiger partial charge is 0.463 e. The number of amides is 1. The molecule has 0 fully saturated rings. The van der Waals surface area contributed by atoms with Gasteiger partial charge in [-0.15, -0.1) is 0 Å². The van der Waals surface area contributed by atoms with Crippen molar-refractivity contribution in [3.05, 3.63) is 60.8 Å². The minimum atomic E-state index is -4.42. The Kier molecular flexibility index (Phi) is 35.8. The maximum atomic E-state index is 12.0. The van der Waals surface area contributed by atoms with Gasteiger partial charge in [0.05, 0.1) is 13.2 Å². The van der Waals surface area contributed by atoms with Gasteiger partial charge in [0, 0.05) is 19.4 Å². The number of aliphatic hydroxyl groups excluding tert-OH is 1. The van der Waals surface area contributed by atoms with Gasteiger partial charge in [0.1, 0.15) is 12.7 Å². The molecule has 0 saturated heterocycles. The molecule has 0 aromatic rings. The zero-order chi connectivity index (χ0) is 37.5. The Labute approximate surface area is 310 Å². The number of hydrogen-bond acceptors (Lipinski definition) is 7. The van der Waals surface area contributed by atoms with Crippen molar-refractivity contribution < 1.29 is 37.9 Å². The number of carbonyl (C=O) groups is 2. The number of esters is 1. The second kappa shape index (κ2) is 37.5. The molecule has 0 saturated carbocycles. The maximum Gasteiger partial charge on any atom is 0.472 e. The Hall–Kier alpha value is -2.29. The number of phosphoric acid groups is 1. The number of ether oxygens (including phenoxy) is 1. The van der Waals surface area contributed by atoms with Crippen LogP contribution in [0, 0.1) is 0 Å². The average Bonchev–Trinajstić information content (AvgIpc) is 3.11. The van der Waals surface area contributed by atoms with Crippen LogP contribution in [-0.4, -0.2) is 54.3 Å². The van der Waals surface area contributed by atoms with Gasteiger partial charge in [0.2, 0.25) is 5.91 Å². The van der Waals surface area contributed by atoms with E-state index in [0.717, 1.165) is 89.9 Å². The molecule has 0 spiro atoms. The van der Waals surface area contributed by atoms with Crippen molar-refractivity contribution in [2.24, 2.45) is 0 Å². The van der Waals surface area contributed by atoms with Crippen LogP contribution in [0.15, 0.2) is 60.8 Å². The van der Waals surface area contributed by atoms with Gasteiger partial charge in [0.15, 0.2) is 0 Å². The van der Waals surface area contributed by atoms with E-state index < -0.39 is 26.5 Å². The molecule has 2 atom stereocenters. The zero-order valence-corrected chi connectivity index (χ0v) is 32.9. The molecule has 0 aliphatic carbocycles. The predicted octanol–water partition coefficient (Wildman–Crippen LogP) is 10.5. The van der Waals surface area contributed by atoms with Gasteiger partial charge in [0.25, 0.3) is 0 Å². The van der Waals surface area contributed by atoms with Gasteiger partial charge in [-0.1, -0.05) is 145 Å². The highest BCUT2D eigenvalue weighted by Crippen LogP contribution is 2.42. The van der Waals surface area contributed by atoms with Crippen LogP contribution in [0.5, 0.6) is 0 Å². The number of phosphoric ester groups is 1. The summed E-state index contributed by atoms with van der Waals surface area (Å²) in [7, 11) is -4.42. The highest BCUT2D eigenvalue weighted by Gasteiger charge is 2.23. The number of rotatable bonds is 36. The average molecular weight is 738 g/mol. The Bertz CT molecular complexity index is 1020. The molecule has 294 valence electrons. The van der Waals surface area contributed by atoms with Crippen molar-refractivity contribution in [3.63, 3.8) is 0 Å². The summed E-state index contributed by atoms with van der Waals surface area (Å²) in [6.07, 6.45) is 43.0. The number of unbranched alkanes of at least 4 members (excludes halogenated alkanes) is 13. The highest BCUT2D eigenvalue weighted by molar-refractivity contribution is 7.47. The molecule has 2 unspecified atom stereocenters. The topological polar surface area (TPSA) is 131 Å². The standard InChI is InChI=1S/C41H72NO8P/c1-3-5-7-9-11-13-14-15-16-17-18-19-20-21-22-23-24-26-27-29-31-33-40(44)42-35-36-49-51(46,47)50-38-39(43)37-48-41(45)34-32-30-28-25-12-10-8-6-4-2/h5,7,11,13,15-16,18-19,21-22,39,43H,3-4,6,8-10,12,14,17,20,23-38H2,1-2H3,(H,42,44)(H,46,47)/b7-5-,13-11-,16-15-,19-18-,22-21-. The van der Waals surface area contributed by atoms with Crippen LogP contribution in [0.2, 0.25) is 0 Å². The minimum Gasteiger partial charge on any atom is -0.463 e. The fraction of sp³-hybridized carbons (Fsp3) is 0.707. The first-order valence-corrected chi connectivity index (χ1v) is 21.3. The third-order valence-electron chi connectivity index (χ3n) is 7.96. The second-order valence-electron chi connectivity index (χ2n) is 12.9. The van der Waals surface area contributed by atoms with Gasteiger partial charge < -0.3 is 20.1 Å². The van der Waals surface area contributed by atoms with Crippen molar-refractivity contribution >= 4 is 19.7 Å². The fourth-order valence-corrected chi connectivity index (χ4v) is 5.75. The summed E-state index contributed by atoms with van der Waals surface area (Å²) in [5.41, 5.74) is 0. The molecule has 0 aliphatic heterocycles. The minimum absolute atomic E-state index is 0.0685. The summed E-state index contributed by atoms with van der Waals surface area (Å²) in [4.78, 5) is 33.7. The van der Waals surface area contributed by atoms with E-state index in [1.807, 2.05) is 0 Å². The molecule has 0 aliphatic rings. The summed E-state index contributed by atoms with van der Waals surface area (Å²) in [6, 6.07) is 0. The molecule has 0 rings (SSSR count). The van der Waals surface area contributed by atoms with Crippen molar-refractivity contribution in [1.82, 2.24) is 5.32 Å². The van der Waals surface area contributed by atoms with E-state index in [-0.39, 0.29) is 32.1 Å². The normalized spacial score (nSPS) is 14.0. The third-order valence-corrected chi connectivity index (χ3v) is 8.95. The lowest BCUT2D eigenvalue weighted by atomic mass is 10.1. The number of aliphatic hydroxyl groups is 1. The van der Waals surface area contributed by atoms with Crippen LogP contribution in [0.1, 0.15) is 155 Å². The molecule has 0 heterocycles. The predicted molar refractivity (Wildman–Crippen MR) is 210 cm³/mol. The molecular formula is C41H72NO8P. The fourth-order valence-electron chi connectivity index (χ4n) is 4.99. The Morgan fingerprint density at radius 2 is 1.12 bits per heavy atom. The summed E-state index contributed by atoms with van der Waals surface area (Å²) >= 11 is 0. The Balaban J connectivity index is 3.66. The molecule has 51 heavy (non-hydrogen) atoms. The molecule has 0 aromatic heterocycles. The first-order valence-electron chi connectivity index (χ1n) is 19.8. The highest BCUT2D eigenvalue weighted by atomic mass is 31.2. The van der Waals surface area contributed by atoms with Crippen molar-refractivity contribution in [2.45, 2.75) is 161 Å². The van der Waals surface area contributed by atoms with E-state index in [9.17, 15) is 24.2 Å². The van der Waals surface area contributed by atoms with Crippen LogP contribution >= 0.6 is 7.82 Å². The largest absolute Gasteiger partial charge is 0.472 e. The van der Waals surface area contributed by atoms with Crippen molar-refractivity contribution in [2.75, 3.05) is 26.4 Å². The molecule has 10 heteroatoms.